The number of urea groups is 1. The number of nitrogens with zero attached hydrogens (tertiary/aromatic N) is 1. The van der Waals surface area contributed by atoms with Gasteiger partial charge in [0.05, 0.1) is 13.1 Å². The topological polar surface area (TPSA) is 65.2 Å². The molecular formula is C24H29N3O2S. The fourth-order valence-electron chi connectivity index (χ4n) is 4.15. The van der Waals surface area contributed by atoms with Gasteiger partial charge in [-0.05, 0) is 72.8 Å². The molecule has 0 radical (unpaired) electrons. The number of amides is 2. The van der Waals surface area contributed by atoms with Crippen LogP contribution in [0.5, 0.6) is 0 Å². The van der Waals surface area contributed by atoms with Crippen molar-refractivity contribution in [1.82, 2.24) is 15.2 Å². The summed E-state index contributed by atoms with van der Waals surface area (Å²) < 4.78 is 0. The van der Waals surface area contributed by atoms with Crippen LogP contribution in [0.25, 0.3) is 10.9 Å². The molecule has 158 valence electrons. The van der Waals surface area contributed by atoms with Crippen LogP contribution in [-0.2, 0) is 13.1 Å². The third-order valence-electron chi connectivity index (χ3n) is 6.04. The van der Waals surface area contributed by atoms with E-state index in [1.165, 1.54) is 24.8 Å². The van der Waals surface area contributed by atoms with Crippen molar-refractivity contribution in [3.05, 3.63) is 67.6 Å². The molecule has 2 N–H and O–H groups in total. The van der Waals surface area contributed by atoms with Crippen molar-refractivity contribution < 1.29 is 4.79 Å². The van der Waals surface area contributed by atoms with Crippen molar-refractivity contribution in [1.29, 1.82) is 0 Å². The molecule has 6 heteroatoms. The maximum Gasteiger partial charge on any atom is 0.318 e. The summed E-state index contributed by atoms with van der Waals surface area (Å²) in [5.41, 5.74) is 3.65. The molecule has 2 heterocycles. The molecule has 2 aromatic heterocycles. The maximum absolute atomic E-state index is 13.1. The molecule has 1 fully saturated rings. The lowest BCUT2D eigenvalue weighted by Crippen LogP contribution is -2.45. The molecule has 1 aliphatic rings. The van der Waals surface area contributed by atoms with E-state index in [2.05, 4.69) is 23.3 Å². The van der Waals surface area contributed by atoms with Gasteiger partial charge >= 0.3 is 6.03 Å². The van der Waals surface area contributed by atoms with E-state index in [-0.39, 0.29) is 24.2 Å². The van der Waals surface area contributed by atoms with Crippen LogP contribution in [0.2, 0.25) is 0 Å². The Bertz CT molecular complexity index is 1080. The second kappa shape index (κ2) is 9.04. The molecule has 0 saturated heterocycles. The maximum atomic E-state index is 13.1. The molecule has 1 aromatic carbocycles. The number of fused-ring (bicyclic) bond motifs is 1. The van der Waals surface area contributed by atoms with Crippen molar-refractivity contribution in [3.8, 4) is 0 Å². The van der Waals surface area contributed by atoms with E-state index in [1.807, 2.05) is 36.6 Å². The highest BCUT2D eigenvalue weighted by atomic mass is 32.1. The molecule has 1 saturated carbocycles. The number of aromatic nitrogens is 1. The van der Waals surface area contributed by atoms with E-state index in [9.17, 15) is 9.59 Å². The smallest absolute Gasteiger partial charge is 0.318 e. The predicted molar refractivity (Wildman–Crippen MR) is 123 cm³/mol. The second-order valence-corrected chi connectivity index (χ2v) is 9.40. The second-order valence-electron chi connectivity index (χ2n) is 8.37. The molecular weight excluding hydrogens is 394 g/mol. The molecule has 30 heavy (non-hydrogen) atoms. The largest absolute Gasteiger partial charge is 0.335 e. The Balaban J connectivity index is 1.60. The quantitative estimate of drug-likeness (QED) is 0.588. The highest BCUT2D eigenvalue weighted by molar-refractivity contribution is 7.09. The van der Waals surface area contributed by atoms with E-state index in [4.69, 9.17) is 0 Å². The molecule has 2 amide bonds. The SMILES string of the molecule is Cc1cc2cc(CN(Cc3cccs3)C(=O)NC3CCCCC3)c(=O)[nH]c2cc1C. The summed E-state index contributed by atoms with van der Waals surface area (Å²) in [7, 11) is 0. The number of carbonyl (C=O) groups excluding carboxylic acids is 1. The summed E-state index contributed by atoms with van der Waals surface area (Å²) in [6.45, 7) is 4.90. The summed E-state index contributed by atoms with van der Waals surface area (Å²) in [5, 5.41) is 6.22. The third-order valence-corrected chi connectivity index (χ3v) is 6.90. The first kappa shape index (κ1) is 20.7. The molecule has 5 nitrogen and oxygen atoms in total. The first-order chi connectivity index (χ1) is 14.5. The van der Waals surface area contributed by atoms with Gasteiger partial charge in [0.2, 0.25) is 0 Å². The van der Waals surface area contributed by atoms with Crippen molar-refractivity contribution in [2.45, 2.75) is 65.1 Å². The molecule has 0 aliphatic heterocycles. The number of aromatic amines is 1. The lowest BCUT2D eigenvalue weighted by Gasteiger charge is -2.28. The van der Waals surface area contributed by atoms with Crippen molar-refractivity contribution in [3.63, 3.8) is 0 Å². The number of benzene rings is 1. The molecule has 3 aromatic rings. The van der Waals surface area contributed by atoms with Crippen LogP contribution in [0.15, 0.2) is 40.5 Å². The number of hydrogen-bond acceptors (Lipinski definition) is 3. The number of hydrogen-bond donors (Lipinski definition) is 2. The van der Waals surface area contributed by atoms with E-state index in [0.717, 1.165) is 34.2 Å². The number of thiophene rings is 1. The molecule has 1 aliphatic carbocycles. The Kier molecular flexibility index (Phi) is 6.23. The Hall–Kier alpha value is -2.60. The minimum absolute atomic E-state index is 0.0881. The Morgan fingerprint density at radius 3 is 2.63 bits per heavy atom. The lowest BCUT2D eigenvalue weighted by molar-refractivity contribution is 0.185. The number of pyridine rings is 1. The summed E-state index contributed by atoms with van der Waals surface area (Å²) in [6.07, 6.45) is 5.65. The summed E-state index contributed by atoms with van der Waals surface area (Å²) >= 11 is 1.63. The van der Waals surface area contributed by atoms with Gasteiger partial charge in [-0.1, -0.05) is 25.3 Å². The van der Waals surface area contributed by atoms with E-state index in [0.29, 0.717) is 12.1 Å². The number of aryl methyl sites for hydroxylation is 2. The molecule has 0 spiro atoms. The van der Waals surface area contributed by atoms with Crippen LogP contribution < -0.4 is 10.9 Å². The van der Waals surface area contributed by atoms with Crippen LogP contribution in [0.1, 0.15) is 53.7 Å². The van der Waals surface area contributed by atoms with Crippen LogP contribution in [0.4, 0.5) is 4.79 Å². The van der Waals surface area contributed by atoms with E-state index in [1.54, 1.807) is 16.2 Å². The van der Waals surface area contributed by atoms with Gasteiger partial charge in [0.25, 0.3) is 5.56 Å². The minimum Gasteiger partial charge on any atom is -0.335 e. The monoisotopic (exact) mass is 423 g/mol. The average molecular weight is 424 g/mol. The summed E-state index contributed by atoms with van der Waals surface area (Å²) in [5.74, 6) is 0. The third kappa shape index (κ3) is 4.75. The predicted octanol–water partition coefficient (Wildman–Crippen LogP) is 5.25. The summed E-state index contributed by atoms with van der Waals surface area (Å²) in [4.78, 5) is 31.8. The van der Waals surface area contributed by atoms with Crippen molar-refractivity contribution >= 4 is 28.3 Å². The highest BCUT2D eigenvalue weighted by Crippen LogP contribution is 2.21. The summed E-state index contributed by atoms with van der Waals surface area (Å²) in [6, 6.07) is 10.2. The zero-order chi connectivity index (χ0) is 21.1. The molecule has 0 bridgehead atoms. The minimum atomic E-state index is -0.132. The van der Waals surface area contributed by atoms with Crippen LogP contribution in [0.3, 0.4) is 0 Å². The van der Waals surface area contributed by atoms with Gasteiger partial charge in [-0.25, -0.2) is 4.79 Å². The fourth-order valence-corrected chi connectivity index (χ4v) is 4.87. The Morgan fingerprint density at radius 2 is 1.90 bits per heavy atom. The fraction of sp³-hybridized carbons (Fsp3) is 0.417. The number of H-pyrrole nitrogens is 1. The van der Waals surface area contributed by atoms with E-state index >= 15 is 0 Å². The average Bonchev–Trinajstić information content (AvgIpc) is 3.23. The van der Waals surface area contributed by atoms with Gasteiger partial charge < -0.3 is 15.2 Å². The zero-order valence-corrected chi connectivity index (χ0v) is 18.5. The first-order valence-corrected chi connectivity index (χ1v) is 11.6. The van der Waals surface area contributed by atoms with Gasteiger partial charge in [-0.15, -0.1) is 11.3 Å². The molecule has 4 rings (SSSR count). The number of rotatable bonds is 5. The molecule has 0 unspecified atom stereocenters. The van der Waals surface area contributed by atoms with Crippen LogP contribution in [0, 0.1) is 13.8 Å². The number of carbonyl (C=O) groups is 1. The van der Waals surface area contributed by atoms with Gasteiger partial charge in [0, 0.05) is 22.0 Å². The first-order valence-electron chi connectivity index (χ1n) is 10.7. The Morgan fingerprint density at radius 1 is 1.13 bits per heavy atom. The Labute approximate surface area is 181 Å². The normalized spacial score (nSPS) is 14.7. The van der Waals surface area contributed by atoms with Crippen LogP contribution in [-0.4, -0.2) is 22.0 Å². The van der Waals surface area contributed by atoms with Gasteiger partial charge in [0.1, 0.15) is 0 Å². The zero-order valence-electron chi connectivity index (χ0n) is 17.7. The lowest BCUT2D eigenvalue weighted by atomic mass is 9.96. The van der Waals surface area contributed by atoms with E-state index < -0.39 is 0 Å². The van der Waals surface area contributed by atoms with Crippen molar-refractivity contribution in [2.75, 3.05) is 0 Å². The van der Waals surface area contributed by atoms with Crippen molar-refractivity contribution in [2.24, 2.45) is 0 Å². The van der Waals surface area contributed by atoms with Gasteiger partial charge in [0.15, 0.2) is 0 Å². The van der Waals surface area contributed by atoms with Gasteiger partial charge in [-0.3, -0.25) is 4.79 Å². The van der Waals surface area contributed by atoms with Crippen LogP contribution >= 0.6 is 11.3 Å². The highest BCUT2D eigenvalue weighted by Gasteiger charge is 2.21. The number of nitrogens with one attached hydrogen (secondary N) is 2. The standard InChI is InChI=1S/C24H29N3O2S/c1-16-11-18-13-19(23(28)26-22(18)12-17(16)2)14-27(15-21-9-6-10-30-21)24(29)25-20-7-4-3-5-8-20/h6,9-13,20H,3-5,7-8,14-15H2,1-2H3,(H,25,29)(H,26,28). The molecule has 0 atom stereocenters. The van der Waals surface area contributed by atoms with Gasteiger partial charge in [-0.2, -0.15) is 0 Å².